The van der Waals surface area contributed by atoms with Gasteiger partial charge in [0, 0.05) is 12.3 Å². The molecule has 4 aromatic rings. The monoisotopic (exact) mass is 469 g/mol. The maximum absolute atomic E-state index is 12.5. The van der Waals surface area contributed by atoms with E-state index in [2.05, 4.69) is 17.3 Å². The average molecular weight is 470 g/mol. The van der Waals surface area contributed by atoms with Gasteiger partial charge in [0.1, 0.15) is 18.1 Å². The lowest BCUT2D eigenvalue weighted by Gasteiger charge is -2.05. The fourth-order valence-electron chi connectivity index (χ4n) is 3.07. The fraction of sp³-hybridized carbons (Fsp3) is 0.167. The van der Waals surface area contributed by atoms with Crippen LogP contribution in [0.3, 0.4) is 0 Å². The predicted molar refractivity (Wildman–Crippen MR) is 125 cm³/mol. The molecule has 0 aliphatic rings. The second-order valence-electron chi connectivity index (χ2n) is 7.15. The Hall–Kier alpha value is -3.22. The number of hydrogen-bond acceptors (Lipinski definition) is 4. The van der Waals surface area contributed by atoms with Gasteiger partial charge in [0.2, 0.25) is 0 Å². The number of carbonyl (C=O) groups excluding carboxylic acids is 1. The summed E-state index contributed by atoms with van der Waals surface area (Å²) in [6.45, 7) is 2.83. The molecule has 0 saturated carbocycles. The molecule has 1 amide bonds. The molecule has 0 atom stereocenters. The fourth-order valence-corrected chi connectivity index (χ4v) is 3.39. The Morgan fingerprint density at radius 3 is 2.56 bits per heavy atom. The Balaban J connectivity index is 1.32. The zero-order valence-electron chi connectivity index (χ0n) is 17.3. The summed E-state index contributed by atoms with van der Waals surface area (Å²) in [5, 5.41) is 8.08. The lowest BCUT2D eigenvalue weighted by molar-refractivity contribution is 0.0992. The molecule has 0 radical (unpaired) electrons. The van der Waals surface area contributed by atoms with Gasteiger partial charge in [-0.2, -0.15) is 5.10 Å². The van der Waals surface area contributed by atoms with E-state index < -0.39 is 0 Å². The number of carbonyl (C=O) groups is 1. The van der Waals surface area contributed by atoms with E-state index in [9.17, 15) is 4.79 Å². The molecule has 2 heterocycles. The Morgan fingerprint density at radius 1 is 1.03 bits per heavy atom. The number of aromatic nitrogens is 2. The summed E-state index contributed by atoms with van der Waals surface area (Å²) < 4.78 is 13.0. The maximum Gasteiger partial charge on any atom is 0.292 e. The number of benzene rings is 2. The van der Waals surface area contributed by atoms with E-state index in [0.29, 0.717) is 28.2 Å². The molecule has 8 heteroatoms. The zero-order valence-corrected chi connectivity index (χ0v) is 18.9. The van der Waals surface area contributed by atoms with Gasteiger partial charge in [-0.25, -0.2) is 0 Å². The summed E-state index contributed by atoms with van der Waals surface area (Å²) in [4.78, 5) is 12.5. The van der Waals surface area contributed by atoms with Crippen molar-refractivity contribution < 1.29 is 13.9 Å². The number of furan rings is 1. The van der Waals surface area contributed by atoms with E-state index in [4.69, 9.17) is 32.4 Å². The number of aryl methyl sites for hydroxylation is 1. The Labute approximate surface area is 195 Å². The van der Waals surface area contributed by atoms with Crippen molar-refractivity contribution in [2.24, 2.45) is 0 Å². The van der Waals surface area contributed by atoms with Crippen molar-refractivity contribution in [3.8, 4) is 5.75 Å². The van der Waals surface area contributed by atoms with Gasteiger partial charge >= 0.3 is 0 Å². The molecule has 2 aromatic carbocycles. The van der Waals surface area contributed by atoms with Gasteiger partial charge in [0.05, 0.1) is 16.6 Å². The van der Waals surface area contributed by atoms with E-state index >= 15 is 0 Å². The van der Waals surface area contributed by atoms with Crippen molar-refractivity contribution in [1.29, 1.82) is 0 Å². The van der Waals surface area contributed by atoms with Crippen LogP contribution in [0.1, 0.15) is 34.4 Å². The molecule has 1 N–H and O–H groups in total. The summed E-state index contributed by atoms with van der Waals surface area (Å²) in [5.74, 6) is 1.52. The van der Waals surface area contributed by atoms with Crippen molar-refractivity contribution >= 4 is 34.9 Å². The molecule has 4 rings (SSSR count). The first-order valence-electron chi connectivity index (χ1n) is 10.1. The van der Waals surface area contributed by atoms with Crippen molar-refractivity contribution in [2.45, 2.75) is 26.5 Å². The normalized spacial score (nSPS) is 10.8. The maximum atomic E-state index is 12.5. The largest absolute Gasteiger partial charge is 0.486 e. The number of ether oxygens (including phenoxy) is 1. The molecule has 0 unspecified atom stereocenters. The quantitative estimate of drug-likeness (QED) is 0.332. The minimum absolute atomic E-state index is 0.184. The second kappa shape index (κ2) is 9.94. The van der Waals surface area contributed by atoms with Crippen LogP contribution in [-0.2, 0) is 19.6 Å². The minimum atomic E-state index is -0.386. The van der Waals surface area contributed by atoms with Crippen molar-refractivity contribution in [1.82, 2.24) is 9.78 Å². The Kier molecular flexibility index (Phi) is 6.83. The highest BCUT2D eigenvalue weighted by Gasteiger charge is 2.13. The van der Waals surface area contributed by atoms with Crippen molar-refractivity contribution in [2.75, 3.05) is 5.32 Å². The molecule has 0 fully saturated rings. The molecule has 0 spiro atoms. The first kappa shape index (κ1) is 22.0. The SMILES string of the molecule is CCc1ccc(OCc2ccc(C(=O)Nc3ccn(Cc4ccc(Cl)c(Cl)c4)n3)o2)cc1. The smallest absolute Gasteiger partial charge is 0.292 e. The van der Waals surface area contributed by atoms with Crippen LogP contribution in [0.2, 0.25) is 10.0 Å². The molecular formula is C24H21Cl2N3O3. The number of hydrogen-bond donors (Lipinski definition) is 1. The van der Waals surface area contributed by atoms with Crippen LogP contribution in [0.5, 0.6) is 5.75 Å². The van der Waals surface area contributed by atoms with E-state index in [1.807, 2.05) is 30.3 Å². The molecule has 0 saturated heterocycles. The van der Waals surface area contributed by atoms with Crippen LogP contribution in [0.25, 0.3) is 0 Å². The molecule has 32 heavy (non-hydrogen) atoms. The first-order valence-corrected chi connectivity index (χ1v) is 10.8. The van der Waals surface area contributed by atoms with Gasteiger partial charge in [0.15, 0.2) is 11.6 Å². The highest BCUT2D eigenvalue weighted by molar-refractivity contribution is 6.42. The Bertz CT molecular complexity index is 1220. The number of rotatable bonds is 8. The number of nitrogens with one attached hydrogen (secondary N) is 1. The van der Waals surface area contributed by atoms with Gasteiger partial charge in [-0.05, 0) is 53.9 Å². The number of halogens is 2. The van der Waals surface area contributed by atoms with Gasteiger partial charge < -0.3 is 14.5 Å². The van der Waals surface area contributed by atoms with Crippen LogP contribution in [0, 0.1) is 0 Å². The third kappa shape index (κ3) is 5.52. The summed E-state index contributed by atoms with van der Waals surface area (Å²) in [7, 11) is 0. The van der Waals surface area contributed by atoms with E-state index in [1.54, 1.807) is 41.2 Å². The van der Waals surface area contributed by atoms with E-state index in [1.165, 1.54) is 5.56 Å². The summed E-state index contributed by atoms with van der Waals surface area (Å²) in [5.41, 5.74) is 2.19. The highest BCUT2D eigenvalue weighted by Crippen LogP contribution is 2.23. The number of anilines is 1. The van der Waals surface area contributed by atoms with Gasteiger partial charge in [0.25, 0.3) is 5.91 Å². The van der Waals surface area contributed by atoms with Crippen LogP contribution in [0.4, 0.5) is 5.82 Å². The number of nitrogens with zero attached hydrogens (tertiary/aromatic N) is 2. The highest BCUT2D eigenvalue weighted by atomic mass is 35.5. The van der Waals surface area contributed by atoms with Crippen LogP contribution in [-0.4, -0.2) is 15.7 Å². The number of amides is 1. The van der Waals surface area contributed by atoms with Crippen LogP contribution < -0.4 is 10.1 Å². The second-order valence-corrected chi connectivity index (χ2v) is 7.97. The summed E-state index contributed by atoms with van der Waals surface area (Å²) >= 11 is 12.0. The van der Waals surface area contributed by atoms with Crippen LogP contribution in [0.15, 0.2) is 71.3 Å². The lowest BCUT2D eigenvalue weighted by Crippen LogP contribution is -2.12. The molecule has 2 aromatic heterocycles. The molecule has 0 aliphatic carbocycles. The lowest BCUT2D eigenvalue weighted by atomic mass is 10.2. The van der Waals surface area contributed by atoms with Gasteiger partial charge in [-0.1, -0.05) is 48.3 Å². The average Bonchev–Trinajstić information content (AvgIpc) is 3.45. The van der Waals surface area contributed by atoms with Crippen molar-refractivity contribution in [3.05, 3.63) is 99.6 Å². The third-order valence-corrected chi connectivity index (χ3v) is 5.55. The van der Waals surface area contributed by atoms with Gasteiger partial charge in [-0.15, -0.1) is 0 Å². The van der Waals surface area contributed by atoms with Gasteiger partial charge in [-0.3, -0.25) is 9.48 Å². The molecule has 164 valence electrons. The minimum Gasteiger partial charge on any atom is -0.486 e. The van der Waals surface area contributed by atoms with E-state index in [-0.39, 0.29) is 18.3 Å². The first-order chi connectivity index (χ1) is 15.5. The summed E-state index contributed by atoms with van der Waals surface area (Å²) in [6, 6.07) is 18.3. The topological polar surface area (TPSA) is 69.3 Å². The standard InChI is InChI=1S/C24H21Cl2N3O3/c1-2-16-3-6-18(7-4-16)31-15-19-8-10-22(32-19)24(30)27-23-11-12-29(28-23)14-17-5-9-20(25)21(26)13-17/h3-13H,2,14-15H2,1H3,(H,27,28,30). The van der Waals surface area contributed by atoms with Crippen LogP contribution >= 0.6 is 23.2 Å². The van der Waals surface area contributed by atoms with E-state index in [0.717, 1.165) is 17.7 Å². The van der Waals surface area contributed by atoms with Crippen molar-refractivity contribution in [3.63, 3.8) is 0 Å². The molecule has 0 aliphatic heterocycles. The molecule has 6 nitrogen and oxygen atoms in total. The zero-order chi connectivity index (χ0) is 22.5. The Morgan fingerprint density at radius 2 is 1.81 bits per heavy atom. The summed E-state index contributed by atoms with van der Waals surface area (Å²) in [6.07, 6.45) is 2.74. The molecule has 0 bridgehead atoms. The predicted octanol–water partition coefficient (Wildman–Crippen LogP) is 6.22. The molecular weight excluding hydrogens is 449 g/mol. The third-order valence-electron chi connectivity index (χ3n) is 4.81.